The molecule has 0 amide bonds. The van der Waals surface area contributed by atoms with Crippen LogP contribution >= 0.6 is 7.82 Å². The first-order chi connectivity index (χ1) is 32.7. The van der Waals surface area contributed by atoms with E-state index in [0.717, 1.165) is 116 Å². The van der Waals surface area contributed by atoms with Crippen LogP contribution in [0.1, 0.15) is 181 Å². The Morgan fingerprint density at radius 3 is 1.22 bits per heavy atom. The van der Waals surface area contributed by atoms with Crippen molar-refractivity contribution in [2.75, 3.05) is 26.4 Å². The molecular formula is C56H92NO9P. The highest BCUT2D eigenvalue weighted by atomic mass is 31.2. The molecule has 0 rings (SSSR count). The van der Waals surface area contributed by atoms with Crippen molar-refractivity contribution in [3.05, 3.63) is 122 Å². The molecule has 0 saturated heterocycles. The van der Waals surface area contributed by atoms with Crippen LogP contribution < -0.4 is 5.73 Å². The van der Waals surface area contributed by atoms with Crippen molar-refractivity contribution >= 4 is 19.8 Å². The lowest BCUT2D eigenvalue weighted by Crippen LogP contribution is -2.34. The van der Waals surface area contributed by atoms with E-state index in [2.05, 4.69) is 135 Å². The normalized spacial score (nSPS) is 14.7. The Hall–Kier alpha value is -3.63. The maximum absolute atomic E-state index is 12.7. The molecule has 3 atom stereocenters. The maximum atomic E-state index is 12.7. The first kappa shape index (κ1) is 63.4. The van der Waals surface area contributed by atoms with E-state index >= 15 is 0 Å². The number of carboxylic acids is 1. The Kier molecular flexibility index (Phi) is 47.5. The zero-order chi connectivity index (χ0) is 49.0. The maximum Gasteiger partial charge on any atom is 0.472 e. The minimum Gasteiger partial charge on any atom is -0.480 e. The molecule has 0 bridgehead atoms. The molecule has 4 N–H and O–H groups in total. The summed E-state index contributed by atoms with van der Waals surface area (Å²) in [5.74, 6) is -1.81. The molecule has 0 fully saturated rings. The summed E-state index contributed by atoms with van der Waals surface area (Å²) in [6.45, 7) is 3.56. The summed E-state index contributed by atoms with van der Waals surface area (Å²) < 4.78 is 33.5. The van der Waals surface area contributed by atoms with Crippen LogP contribution in [0.15, 0.2) is 122 Å². The van der Waals surface area contributed by atoms with Crippen molar-refractivity contribution < 1.29 is 42.7 Å². The van der Waals surface area contributed by atoms with Crippen LogP contribution in [0.25, 0.3) is 0 Å². The SMILES string of the molecule is CC/C=C\C/C=C\C/C=C\C/C=C\C/C=C\C/C=C\CCCCCOCC(COP(=O)(O)OCC(N)C(=O)O)OC(=O)CCCCCCCCCCCC/C=C\C/C=C\C/C=C\C/C=C\CC. The third-order valence-corrected chi connectivity index (χ3v) is 11.2. The molecule has 0 aliphatic carbocycles. The lowest BCUT2D eigenvalue weighted by molar-refractivity contribution is -0.154. The number of carbonyl (C=O) groups excluding carboxylic acids is 1. The Labute approximate surface area is 407 Å². The Morgan fingerprint density at radius 1 is 0.478 bits per heavy atom. The molecule has 0 heterocycles. The second kappa shape index (κ2) is 50.3. The summed E-state index contributed by atoms with van der Waals surface area (Å²) in [6, 6.07) is -1.49. The van der Waals surface area contributed by atoms with E-state index in [0.29, 0.717) is 13.0 Å². The highest BCUT2D eigenvalue weighted by molar-refractivity contribution is 7.47. The van der Waals surface area contributed by atoms with Crippen LogP contribution in [0.2, 0.25) is 0 Å². The Morgan fingerprint density at radius 2 is 0.821 bits per heavy atom. The molecule has 10 nitrogen and oxygen atoms in total. The highest BCUT2D eigenvalue weighted by Gasteiger charge is 2.27. The van der Waals surface area contributed by atoms with E-state index < -0.39 is 45.1 Å². The zero-order valence-corrected chi connectivity index (χ0v) is 42.6. The van der Waals surface area contributed by atoms with Crippen molar-refractivity contribution in [2.24, 2.45) is 5.73 Å². The second-order valence-electron chi connectivity index (χ2n) is 16.5. The van der Waals surface area contributed by atoms with Crippen LogP contribution in [0.4, 0.5) is 0 Å². The number of phosphoric ester groups is 1. The number of nitrogens with two attached hydrogens (primary N) is 1. The van der Waals surface area contributed by atoms with E-state index in [1.807, 2.05) is 0 Å². The number of phosphoric acid groups is 1. The van der Waals surface area contributed by atoms with Gasteiger partial charge in [-0.3, -0.25) is 18.6 Å². The van der Waals surface area contributed by atoms with Crippen LogP contribution in [-0.4, -0.2) is 60.5 Å². The largest absolute Gasteiger partial charge is 0.480 e. The molecule has 11 heteroatoms. The fourth-order valence-corrected chi connectivity index (χ4v) is 7.14. The van der Waals surface area contributed by atoms with E-state index in [9.17, 15) is 19.0 Å². The number of unbranched alkanes of at least 4 members (excludes halogenated alkanes) is 13. The fraction of sp³-hybridized carbons (Fsp3) is 0.607. The predicted octanol–water partition coefficient (Wildman–Crippen LogP) is 15.2. The van der Waals surface area contributed by atoms with Gasteiger partial charge in [0.15, 0.2) is 0 Å². The molecule has 0 radical (unpaired) electrons. The minimum absolute atomic E-state index is 0.0159. The van der Waals surface area contributed by atoms with Crippen molar-refractivity contribution in [1.29, 1.82) is 0 Å². The summed E-state index contributed by atoms with van der Waals surface area (Å²) in [5, 5.41) is 8.93. The second-order valence-corrected chi connectivity index (χ2v) is 18.0. The molecule has 0 saturated carbocycles. The number of allylic oxidation sites excluding steroid dienone is 20. The van der Waals surface area contributed by atoms with Gasteiger partial charge < -0.3 is 25.2 Å². The van der Waals surface area contributed by atoms with Gasteiger partial charge in [0, 0.05) is 13.0 Å². The van der Waals surface area contributed by atoms with Gasteiger partial charge in [-0.15, -0.1) is 0 Å². The standard InChI is InChI=1S/C56H92NO9P/c1-3-5-7-9-11-13-15-17-19-21-23-25-27-28-30-32-34-36-38-40-42-44-46-48-55(58)66-53(51-64-67(61,62)65-52-54(57)56(59)60)50-63-49-47-45-43-41-39-37-35-33-31-29-26-24-22-20-18-16-14-12-10-8-6-4-2/h5-8,11-14,17-20,23-26,31,33,37,39,53-54H,3-4,9-10,15-16,21-22,27-30,32,34-36,38,40-52,57H2,1-2H3,(H,59,60)(H,61,62)/b7-5-,8-6-,13-11-,14-12-,19-17-,20-18-,25-23-,26-24-,33-31-,39-37-. The number of rotatable bonds is 47. The smallest absolute Gasteiger partial charge is 0.472 e. The lowest BCUT2D eigenvalue weighted by Gasteiger charge is -2.20. The summed E-state index contributed by atoms with van der Waals surface area (Å²) in [4.78, 5) is 33.7. The van der Waals surface area contributed by atoms with Crippen molar-refractivity contribution in [2.45, 2.75) is 193 Å². The molecule has 0 aromatic heterocycles. The van der Waals surface area contributed by atoms with E-state index in [1.54, 1.807) is 0 Å². The lowest BCUT2D eigenvalue weighted by atomic mass is 10.0. The molecule has 67 heavy (non-hydrogen) atoms. The van der Waals surface area contributed by atoms with E-state index in [-0.39, 0.29) is 13.0 Å². The monoisotopic (exact) mass is 954 g/mol. The van der Waals surface area contributed by atoms with E-state index in [1.165, 1.54) is 38.5 Å². The quantitative estimate of drug-likeness (QED) is 0.0232. The average molecular weight is 954 g/mol. The van der Waals surface area contributed by atoms with Gasteiger partial charge in [0.2, 0.25) is 0 Å². The molecular weight excluding hydrogens is 862 g/mol. The third kappa shape index (κ3) is 50.1. The average Bonchev–Trinajstić information content (AvgIpc) is 3.31. The Balaban J connectivity index is 4.25. The molecule has 0 aliphatic rings. The fourth-order valence-electron chi connectivity index (χ4n) is 6.36. The molecule has 0 spiro atoms. The number of hydrogen-bond donors (Lipinski definition) is 3. The highest BCUT2D eigenvalue weighted by Crippen LogP contribution is 2.43. The first-order valence-corrected chi connectivity index (χ1v) is 27.1. The Bertz CT molecular complexity index is 1520. The van der Waals surface area contributed by atoms with Crippen LogP contribution in [0.3, 0.4) is 0 Å². The van der Waals surface area contributed by atoms with Crippen LogP contribution in [0, 0.1) is 0 Å². The number of hydrogen-bond acceptors (Lipinski definition) is 8. The van der Waals surface area contributed by atoms with Crippen LogP contribution in [-0.2, 0) is 32.7 Å². The minimum atomic E-state index is -4.64. The summed E-state index contributed by atoms with van der Waals surface area (Å²) in [6.07, 6.45) is 69.7. The van der Waals surface area contributed by atoms with Gasteiger partial charge in [-0.2, -0.15) is 0 Å². The van der Waals surface area contributed by atoms with Gasteiger partial charge in [0.25, 0.3) is 0 Å². The van der Waals surface area contributed by atoms with E-state index in [4.69, 9.17) is 29.4 Å². The summed E-state index contributed by atoms with van der Waals surface area (Å²) in [7, 11) is -4.64. The molecule has 0 aromatic rings. The van der Waals surface area contributed by atoms with Gasteiger partial charge in [0.1, 0.15) is 12.1 Å². The number of carbonyl (C=O) groups is 2. The van der Waals surface area contributed by atoms with Gasteiger partial charge in [0.05, 0.1) is 19.8 Å². The zero-order valence-electron chi connectivity index (χ0n) is 41.7. The predicted molar refractivity (Wildman–Crippen MR) is 281 cm³/mol. The van der Waals surface area contributed by atoms with Crippen LogP contribution in [0.5, 0.6) is 0 Å². The number of carboxylic acid groups (broad SMARTS) is 1. The number of esters is 1. The van der Waals surface area contributed by atoms with Gasteiger partial charge >= 0.3 is 19.8 Å². The molecule has 0 aliphatic heterocycles. The summed E-state index contributed by atoms with van der Waals surface area (Å²) in [5.41, 5.74) is 5.37. The summed E-state index contributed by atoms with van der Waals surface area (Å²) >= 11 is 0. The molecule has 0 aromatic carbocycles. The topological polar surface area (TPSA) is 155 Å². The third-order valence-electron chi connectivity index (χ3n) is 10.2. The molecule has 3 unspecified atom stereocenters. The first-order valence-electron chi connectivity index (χ1n) is 25.6. The molecule has 380 valence electrons. The van der Waals surface area contributed by atoms with Crippen molar-refractivity contribution in [3.8, 4) is 0 Å². The van der Waals surface area contributed by atoms with Crippen molar-refractivity contribution in [3.63, 3.8) is 0 Å². The number of aliphatic carboxylic acids is 1. The van der Waals surface area contributed by atoms with Gasteiger partial charge in [-0.25, -0.2) is 4.57 Å². The van der Waals surface area contributed by atoms with Crippen molar-refractivity contribution in [1.82, 2.24) is 0 Å². The van der Waals surface area contributed by atoms with Gasteiger partial charge in [-0.1, -0.05) is 193 Å². The van der Waals surface area contributed by atoms with Gasteiger partial charge in [-0.05, 0) is 103 Å². The number of ether oxygens (including phenoxy) is 2.